The average molecular weight is 194 g/mol. The molecule has 0 unspecified atom stereocenters. The molecule has 1 fully saturated rings. The zero-order valence-corrected chi connectivity index (χ0v) is 8.74. The molecule has 0 aliphatic heterocycles. The molecule has 14 heavy (non-hydrogen) atoms. The third kappa shape index (κ3) is 1.99. The standard InChI is InChI=1S/C12H18O2/c1-2-3-12(13)14-8-11-7-9-4-5-10(11)6-9/h4-5,9-11H,2-3,6-8H2,1H3/t9-,10-,11-/m0/s1. The summed E-state index contributed by atoms with van der Waals surface area (Å²) >= 11 is 0. The molecule has 0 aromatic carbocycles. The van der Waals surface area contributed by atoms with Crippen LogP contribution in [0.2, 0.25) is 0 Å². The van der Waals surface area contributed by atoms with Crippen LogP contribution in [-0.4, -0.2) is 12.6 Å². The molecule has 0 spiro atoms. The van der Waals surface area contributed by atoms with Gasteiger partial charge < -0.3 is 4.74 Å². The Bertz CT molecular complexity index is 245. The van der Waals surface area contributed by atoms with Gasteiger partial charge in [-0.15, -0.1) is 0 Å². The molecule has 2 rings (SSSR count). The van der Waals surface area contributed by atoms with Gasteiger partial charge >= 0.3 is 5.97 Å². The first kappa shape index (κ1) is 9.75. The van der Waals surface area contributed by atoms with Crippen LogP contribution in [0.25, 0.3) is 0 Å². The van der Waals surface area contributed by atoms with Gasteiger partial charge in [0.15, 0.2) is 0 Å². The van der Waals surface area contributed by atoms with Crippen LogP contribution in [0.15, 0.2) is 12.2 Å². The van der Waals surface area contributed by atoms with Crippen molar-refractivity contribution in [3.8, 4) is 0 Å². The molecule has 3 atom stereocenters. The number of carbonyl (C=O) groups is 1. The molecule has 0 saturated heterocycles. The topological polar surface area (TPSA) is 26.3 Å². The van der Waals surface area contributed by atoms with Crippen LogP contribution in [0.3, 0.4) is 0 Å². The molecular formula is C12H18O2. The van der Waals surface area contributed by atoms with Gasteiger partial charge in [0.1, 0.15) is 0 Å². The quantitative estimate of drug-likeness (QED) is 0.508. The number of ether oxygens (including phenoxy) is 1. The van der Waals surface area contributed by atoms with E-state index < -0.39 is 0 Å². The summed E-state index contributed by atoms with van der Waals surface area (Å²) in [6.45, 7) is 2.64. The van der Waals surface area contributed by atoms with Crippen LogP contribution in [0.1, 0.15) is 32.6 Å². The van der Waals surface area contributed by atoms with Gasteiger partial charge in [0, 0.05) is 6.42 Å². The number of esters is 1. The van der Waals surface area contributed by atoms with Crippen molar-refractivity contribution in [2.75, 3.05) is 6.61 Å². The van der Waals surface area contributed by atoms with E-state index in [0.29, 0.717) is 24.9 Å². The van der Waals surface area contributed by atoms with Crippen LogP contribution < -0.4 is 0 Å². The van der Waals surface area contributed by atoms with Crippen LogP contribution in [0.5, 0.6) is 0 Å². The highest BCUT2D eigenvalue weighted by molar-refractivity contribution is 5.69. The molecule has 78 valence electrons. The van der Waals surface area contributed by atoms with E-state index in [0.717, 1.165) is 12.3 Å². The Hall–Kier alpha value is -0.790. The lowest BCUT2D eigenvalue weighted by molar-refractivity contribution is -0.145. The third-order valence-corrected chi connectivity index (χ3v) is 3.33. The molecule has 2 heteroatoms. The summed E-state index contributed by atoms with van der Waals surface area (Å²) in [5, 5.41) is 0. The van der Waals surface area contributed by atoms with Gasteiger partial charge in [-0.05, 0) is 37.0 Å². The zero-order valence-electron chi connectivity index (χ0n) is 8.74. The third-order valence-electron chi connectivity index (χ3n) is 3.33. The Morgan fingerprint density at radius 2 is 2.29 bits per heavy atom. The lowest BCUT2D eigenvalue weighted by Gasteiger charge is -2.17. The highest BCUT2D eigenvalue weighted by atomic mass is 16.5. The van der Waals surface area contributed by atoms with E-state index in [4.69, 9.17) is 4.74 Å². The van der Waals surface area contributed by atoms with Crippen LogP contribution >= 0.6 is 0 Å². The summed E-state index contributed by atoms with van der Waals surface area (Å²) in [4.78, 5) is 11.2. The van der Waals surface area contributed by atoms with Gasteiger partial charge in [0.25, 0.3) is 0 Å². The summed E-state index contributed by atoms with van der Waals surface area (Å²) in [7, 11) is 0. The summed E-state index contributed by atoms with van der Waals surface area (Å²) in [5.41, 5.74) is 0. The van der Waals surface area contributed by atoms with Gasteiger partial charge in [-0.25, -0.2) is 0 Å². The summed E-state index contributed by atoms with van der Waals surface area (Å²) in [6, 6.07) is 0. The van der Waals surface area contributed by atoms with Crippen molar-refractivity contribution in [2.24, 2.45) is 17.8 Å². The van der Waals surface area contributed by atoms with Crippen molar-refractivity contribution in [1.82, 2.24) is 0 Å². The molecule has 0 amide bonds. The van der Waals surface area contributed by atoms with Crippen LogP contribution in [-0.2, 0) is 9.53 Å². The molecule has 0 heterocycles. The van der Waals surface area contributed by atoms with E-state index in [-0.39, 0.29) is 5.97 Å². The minimum absolute atomic E-state index is 0.0285. The first-order valence-corrected chi connectivity index (χ1v) is 5.63. The van der Waals surface area contributed by atoms with Crippen LogP contribution in [0, 0.1) is 17.8 Å². The Balaban J connectivity index is 1.72. The van der Waals surface area contributed by atoms with Gasteiger partial charge in [0.2, 0.25) is 0 Å². The van der Waals surface area contributed by atoms with E-state index in [9.17, 15) is 4.79 Å². The maximum Gasteiger partial charge on any atom is 0.305 e. The van der Waals surface area contributed by atoms with Crippen molar-refractivity contribution in [2.45, 2.75) is 32.6 Å². The number of carbonyl (C=O) groups excluding carboxylic acids is 1. The van der Waals surface area contributed by atoms with Gasteiger partial charge in [0.05, 0.1) is 6.61 Å². The van der Waals surface area contributed by atoms with Gasteiger partial charge in [-0.3, -0.25) is 4.79 Å². The molecule has 0 aromatic heterocycles. The number of hydrogen-bond donors (Lipinski definition) is 0. The first-order chi connectivity index (χ1) is 6.79. The van der Waals surface area contributed by atoms with Gasteiger partial charge in [-0.2, -0.15) is 0 Å². The number of rotatable bonds is 4. The van der Waals surface area contributed by atoms with Gasteiger partial charge in [-0.1, -0.05) is 19.1 Å². The molecular weight excluding hydrogens is 176 g/mol. The van der Waals surface area contributed by atoms with Crippen molar-refractivity contribution in [1.29, 1.82) is 0 Å². The fourth-order valence-corrected chi connectivity index (χ4v) is 2.56. The first-order valence-electron chi connectivity index (χ1n) is 5.63. The van der Waals surface area contributed by atoms with E-state index in [1.807, 2.05) is 6.92 Å². The lowest BCUT2D eigenvalue weighted by atomic mass is 9.95. The Labute approximate surface area is 85.3 Å². The fraction of sp³-hybridized carbons (Fsp3) is 0.750. The van der Waals surface area contributed by atoms with Crippen molar-refractivity contribution < 1.29 is 9.53 Å². The lowest BCUT2D eigenvalue weighted by Crippen LogP contribution is -2.17. The summed E-state index contributed by atoms with van der Waals surface area (Å²) in [5.74, 6) is 2.04. The fourth-order valence-electron chi connectivity index (χ4n) is 2.56. The Kier molecular flexibility index (Phi) is 2.90. The number of fused-ring (bicyclic) bond motifs is 2. The Morgan fingerprint density at radius 3 is 2.86 bits per heavy atom. The monoisotopic (exact) mass is 194 g/mol. The molecule has 0 radical (unpaired) electrons. The number of allylic oxidation sites excluding steroid dienone is 2. The summed E-state index contributed by atoms with van der Waals surface area (Å²) in [6.07, 6.45) is 8.57. The predicted molar refractivity (Wildman–Crippen MR) is 54.7 cm³/mol. The minimum atomic E-state index is -0.0285. The highest BCUT2D eigenvalue weighted by Gasteiger charge is 2.35. The second kappa shape index (κ2) is 4.16. The largest absolute Gasteiger partial charge is 0.465 e. The summed E-state index contributed by atoms with van der Waals surface area (Å²) < 4.78 is 5.25. The molecule has 2 aliphatic rings. The highest BCUT2D eigenvalue weighted by Crippen LogP contribution is 2.43. The molecule has 2 bridgehead atoms. The van der Waals surface area contributed by atoms with Crippen molar-refractivity contribution in [3.63, 3.8) is 0 Å². The van der Waals surface area contributed by atoms with Crippen molar-refractivity contribution in [3.05, 3.63) is 12.2 Å². The molecule has 2 nitrogen and oxygen atoms in total. The van der Waals surface area contributed by atoms with E-state index in [2.05, 4.69) is 12.2 Å². The second-order valence-corrected chi connectivity index (χ2v) is 4.47. The molecule has 0 aromatic rings. The maximum absolute atomic E-state index is 11.2. The van der Waals surface area contributed by atoms with Crippen molar-refractivity contribution >= 4 is 5.97 Å². The predicted octanol–water partition coefficient (Wildman–Crippen LogP) is 2.54. The molecule has 0 N–H and O–H groups in total. The molecule has 2 aliphatic carbocycles. The van der Waals surface area contributed by atoms with Crippen LogP contribution in [0.4, 0.5) is 0 Å². The number of hydrogen-bond acceptors (Lipinski definition) is 2. The smallest absolute Gasteiger partial charge is 0.305 e. The Morgan fingerprint density at radius 1 is 1.43 bits per heavy atom. The maximum atomic E-state index is 11.2. The van der Waals surface area contributed by atoms with E-state index >= 15 is 0 Å². The van der Waals surface area contributed by atoms with E-state index in [1.165, 1.54) is 12.8 Å². The zero-order chi connectivity index (χ0) is 9.97. The normalized spacial score (nSPS) is 33.6. The molecule has 1 saturated carbocycles. The SMILES string of the molecule is CCCC(=O)OC[C@@H]1C[C@H]2C=C[C@H]1C2. The minimum Gasteiger partial charge on any atom is -0.465 e. The van der Waals surface area contributed by atoms with E-state index in [1.54, 1.807) is 0 Å². The average Bonchev–Trinajstić information content (AvgIpc) is 2.76. The second-order valence-electron chi connectivity index (χ2n) is 4.47.